The van der Waals surface area contributed by atoms with Crippen molar-refractivity contribution in [3.05, 3.63) is 0 Å². The number of hydrogen-bond acceptors (Lipinski definition) is 15. The zero-order chi connectivity index (χ0) is 71.4. The highest BCUT2D eigenvalue weighted by atomic mass is 31.2. The summed E-state index contributed by atoms with van der Waals surface area (Å²) in [5.74, 6) is -0.648. The molecule has 0 saturated carbocycles. The van der Waals surface area contributed by atoms with Crippen molar-refractivity contribution in [2.24, 2.45) is 11.8 Å². The molecule has 0 aliphatic heterocycles. The predicted molar refractivity (Wildman–Crippen MR) is 395 cm³/mol. The van der Waals surface area contributed by atoms with E-state index in [1.165, 1.54) is 218 Å². The summed E-state index contributed by atoms with van der Waals surface area (Å²) < 4.78 is 68.6. The third-order valence-corrected chi connectivity index (χ3v) is 20.5. The molecule has 0 aliphatic carbocycles. The van der Waals surface area contributed by atoms with Gasteiger partial charge in [0.2, 0.25) is 0 Å². The van der Waals surface area contributed by atoms with Crippen LogP contribution in [0.3, 0.4) is 0 Å². The molecule has 576 valence electrons. The quantitative estimate of drug-likeness (QED) is 0.0222. The maximum atomic E-state index is 13.1. The van der Waals surface area contributed by atoms with Crippen molar-refractivity contribution in [1.82, 2.24) is 0 Å². The van der Waals surface area contributed by atoms with Gasteiger partial charge in [-0.25, -0.2) is 9.13 Å². The number of aliphatic hydroxyl groups excluding tert-OH is 1. The average molecular weight is 1420 g/mol. The van der Waals surface area contributed by atoms with Crippen molar-refractivity contribution in [3.8, 4) is 0 Å². The number of phosphoric acid groups is 2. The fourth-order valence-corrected chi connectivity index (χ4v) is 13.6. The van der Waals surface area contributed by atoms with Crippen LogP contribution in [0.1, 0.15) is 408 Å². The number of phosphoric ester groups is 2. The van der Waals surface area contributed by atoms with Gasteiger partial charge >= 0.3 is 39.5 Å². The first-order valence-corrected chi connectivity index (χ1v) is 43.5. The molecule has 0 saturated heterocycles. The second kappa shape index (κ2) is 69.8. The van der Waals surface area contributed by atoms with Gasteiger partial charge in [-0.2, -0.15) is 0 Å². The summed E-state index contributed by atoms with van der Waals surface area (Å²) in [7, 11) is -9.91. The molecule has 0 heterocycles. The molecule has 0 aromatic carbocycles. The van der Waals surface area contributed by atoms with Crippen LogP contribution in [0.4, 0.5) is 0 Å². The van der Waals surface area contributed by atoms with Gasteiger partial charge in [0.25, 0.3) is 0 Å². The normalized spacial score (nSPS) is 14.2. The molecule has 0 spiro atoms. The molecule has 6 atom stereocenters. The van der Waals surface area contributed by atoms with E-state index >= 15 is 0 Å². The summed E-state index contributed by atoms with van der Waals surface area (Å²) >= 11 is 0. The summed E-state index contributed by atoms with van der Waals surface area (Å²) in [6.07, 6.45) is 58.4. The summed E-state index contributed by atoms with van der Waals surface area (Å²) in [5, 5.41) is 10.6. The molecular weight excluding hydrogens is 1270 g/mol. The highest BCUT2D eigenvalue weighted by Crippen LogP contribution is 2.45. The van der Waals surface area contributed by atoms with Crippen molar-refractivity contribution in [1.29, 1.82) is 0 Å². The Labute approximate surface area is 594 Å². The SMILES string of the molecule is CCCCCCCCCCCCCCCCCCCCCCCC(=O)O[C@H](COC(=O)CCCCCCCCCCCCCCCC)COP(=O)(O)OC[C@@H](O)COP(=O)(O)OC[C@@H](COC(=O)CCCCCCCCC(C)CC)OC(=O)CCCCCCCCCCCC(C)C. The first-order valence-electron chi connectivity index (χ1n) is 40.5. The second-order valence-corrected chi connectivity index (χ2v) is 31.7. The molecule has 0 rings (SSSR count). The summed E-state index contributed by atoms with van der Waals surface area (Å²) in [5.41, 5.74) is 0. The number of carbonyl (C=O) groups is 4. The molecular formula is C78H152O17P2. The van der Waals surface area contributed by atoms with Crippen molar-refractivity contribution in [3.63, 3.8) is 0 Å². The van der Waals surface area contributed by atoms with E-state index in [1.54, 1.807) is 0 Å². The third-order valence-electron chi connectivity index (χ3n) is 18.6. The lowest BCUT2D eigenvalue weighted by molar-refractivity contribution is -0.161. The third kappa shape index (κ3) is 70.9. The van der Waals surface area contributed by atoms with Crippen LogP contribution < -0.4 is 0 Å². The van der Waals surface area contributed by atoms with Gasteiger partial charge in [-0.1, -0.05) is 356 Å². The highest BCUT2D eigenvalue weighted by molar-refractivity contribution is 7.47. The van der Waals surface area contributed by atoms with E-state index in [4.69, 9.17) is 37.0 Å². The minimum Gasteiger partial charge on any atom is -0.462 e. The van der Waals surface area contributed by atoms with Gasteiger partial charge in [0.1, 0.15) is 19.3 Å². The molecule has 97 heavy (non-hydrogen) atoms. The maximum Gasteiger partial charge on any atom is 0.472 e. The van der Waals surface area contributed by atoms with Crippen molar-refractivity contribution < 1.29 is 80.2 Å². The summed E-state index contributed by atoms with van der Waals surface area (Å²) in [6, 6.07) is 0. The largest absolute Gasteiger partial charge is 0.472 e. The number of rotatable bonds is 77. The van der Waals surface area contributed by atoms with E-state index in [2.05, 4.69) is 41.5 Å². The first-order chi connectivity index (χ1) is 46.9. The van der Waals surface area contributed by atoms with Crippen molar-refractivity contribution in [2.45, 2.75) is 426 Å². The molecule has 0 aromatic heterocycles. The molecule has 0 amide bonds. The Morgan fingerprint density at radius 2 is 0.526 bits per heavy atom. The van der Waals surface area contributed by atoms with Crippen LogP contribution in [0, 0.1) is 11.8 Å². The van der Waals surface area contributed by atoms with E-state index < -0.39 is 97.5 Å². The number of hydrogen-bond donors (Lipinski definition) is 3. The van der Waals surface area contributed by atoms with Gasteiger partial charge < -0.3 is 33.8 Å². The molecule has 0 fully saturated rings. The molecule has 3 N–H and O–H groups in total. The van der Waals surface area contributed by atoms with E-state index in [-0.39, 0.29) is 25.7 Å². The van der Waals surface area contributed by atoms with Crippen molar-refractivity contribution >= 4 is 39.5 Å². The molecule has 0 aliphatic rings. The molecule has 3 unspecified atom stereocenters. The van der Waals surface area contributed by atoms with Crippen LogP contribution in [0.5, 0.6) is 0 Å². The van der Waals surface area contributed by atoms with Crippen LogP contribution in [0.15, 0.2) is 0 Å². The lowest BCUT2D eigenvalue weighted by Crippen LogP contribution is -2.30. The minimum atomic E-state index is -4.96. The fraction of sp³-hybridized carbons (Fsp3) is 0.949. The second-order valence-electron chi connectivity index (χ2n) is 28.8. The van der Waals surface area contributed by atoms with Gasteiger partial charge in [0.05, 0.1) is 26.4 Å². The lowest BCUT2D eigenvalue weighted by Gasteiger charge is -2.21. The number of esters is 4. The maximum absolute atomic E-state index is 13.1. The lowest BCUT2D eigenvalue weighted by atomic mass is 10.00. The molecule has 19 heteroatoms. The van der Waals surface area contributed by atoms with E-state index in [9.17, 15) is 43.2 Å². The smallest absolute Gasteiger partial charge is 0.462 e. The Balaban J connectivity index is 5.21. The number of carbonyl (C=O) groups excluding carboxylic acids is 4. The van der Waals surface area contributed by atoms with Crippen LogP contribution in [0.2, 0.25) is 0 Å². The number of ether oxygens (including phenoxy) is 4. The topological polar surface area (TPSA) is 237 Å². The summed E-state index contributed by atoms with van der Waals surface area (Å²) in [4.78, 5) is 72.9. The Kier molecular flexibility index (Phi) is 68.4. The van der Waals surface area contributed by atoms with Crippen LogP contribution >= 0.6 is 15.6 Å². The Morgan fingerprint density at radius 3 is 0.784 bits per heavy atom. The Bertz CT molecular complexity index is 1870. The fourth-order valence-electron chi connectivity index (χ4n) is 12.0. The Hall–Kier alpha value is -1.94. The van der Waals surface area contributed by atoms with E-state index in [0.29, 0.717) is 25.7 Å². The van der Waals surface area contributed by atoms with Crippen LogP contribution in [0.25, 0.3) is 0 Å². The number of aliphatic hydroxyl groups is 1. The van der Waals surface area contributed by atoms with Gasteiger partial charge in [0, 0.05) is 25.7 Å². The molecule has 0 aromatic rings. The van der Waals surface area contributed by atoms with Crippen LogP contribution in [-0.2, 0) is 65.4 Å². The number of unbranched alkanes of at least 4 members (excludes halogenated alkanes) is 46. The summed E-state index contributed by atoms with van der Waals surface area (Å²) in [6.45, 7) is 9.54. The average Bonchev–Trinajstić information content (AvgIpc) is 2.90. The van der Waals surface area contributed by atoms with Gasteiger partial charge in [-0.3, -0.25) is 37.3 Å². The van der Waals surface area contributed by atoms with E-state index in [0.717, 1.165) is 108 Å². The van der Waals surface area contributed by atoms with Crippen LogP contribution in [-0.4, -0.2) is 96.7 Å². The van der Waals surface area contributed by atoms with Gasteiger partial charge in [-0.05, 0) is 37.5 Å². The zero-order valence-corrected chi connectivity index (χ0v) is 65.2. The molecule has 0 bridgehead atoms. The molecule has 0 radical (unpaired) electrons. The standard InChI is InChI=1S/C78H152O17P2/c1-7-10-12-14-16-18-20-22-24-25-26-27-28-29-30-32-34-38-42-50-56-62-77(82)94-73(66-88-75(80)60-54-48-41-37-33-31-23-21-19-17-15-13-11-8-2)68-92-96(84,85)90-64-72(79)65-91-97(86,87)93-69-74(67-89-76(81)61-55-49-45-44-47-53-59-71(6)9-3)95-78(83)63-57-51-43-39-35-36-40-46-52-58-70(4)5/h70-74,79H,7-69H2,1-6H3,(H,84,85)(H,86,87)/t71?,72-,73-,74-/m1/s1. The van der Waals surface area contributed by atoms with Crippen molar-refractivity contribution in [2.75, 3.05) is 39.6 Å². The highest BCUT2D eigenvalue weighted by Gasteiger charge is 2.30. The minimum absolute atomic E-state index is 0.105. The van der Waals surface area contributed by atoms with Gasteiger partial charge in [-0.15, -0.1) is 0 Å². The first kappa shape index (κ1) is 95.1. The van der Waals surface area contributed by atoms with Gasteiger partial charge in [0.15, 0.2) is 12.2 Å². The molecule has 17 nitrogen and oxygen atoms in total. The Morgan fingerprint density at radius 1 is 0.299 bits per heavy atom. The monoisotopic (exact) mass is 1420 g/mol. The van der Waals surface area contributed by atoms with E-state index in [1.807, 2.05) is 0 Å². The zero-order valence-electron chi connectivity index (χ0n) is 63.4. The predicted octanol–water partition coefficient (Wildman–Crippen LogP) is 23.1.